The van der Waals surface area contributed by atoms with Crippen molar-refractivity contribution in [3.8, 4) is 5.75 Å². The van der Waals surface area contributed by atoms with E-state index in [4.69, 9.17) is 9.72 Å². The predicted octanol–water partition coefficient (Wildman–Crippen LogP) is 3.86. The first-order valence-corrected chi connectivity index (χ1v) is 10.9. The number of ether oxygens (including phenoxy) is 1. The van der Waals surface area contributed by atoms with Gasteiger partial charge in [0.1, 0.15) is 11.6 Å². The van der Waals surface area contributed by atoms with Crippen LogP contribution in [0.25, 0.3) is 0 Å². The van der Waals surface area contributed by atoms with E-state index < -0.39 is 0 Å². The largest absolute Gasteiger partial charge is 0.497 e. The standard InChI is InChI=1S/C21H21BrN4O2S/c1-28-18-4-2-3-15(13-18)14-19-23-21(29-24-19)26-11-9-25(10-12-26)20(27)16-5-7-17(22)8-6-16/h2-8,13H,9-12,14H2,1H3. The van der Waals surface area contributed by atoms with E-state index >= 15 is 0 Å². The molecular weight excluding hydrogens is 452 g/mol. The summed E-state index contributed by atoms with van der Waals surface area (Å²) in [4.78, 5) is 21.5. The van der Waals surface area contributed by atoms with Crippen LogP contribution < -0.4 is 9.64 Å². The van der Waals surface area contributed by atoms with Gasteiger partial charge in [-0.15, -0.1) is 0 Å². The van der Waals surface area contributed by atoms with E-state index in [9.17, 15) is 4.79 Å². The van der Waals surface area contributed by atoms with Crippen molar-refractivity contribution < 1.29 is 9.53 Å². The summed E-state index contributed by atoms with van der Waals surface area (Å²) in [5.41, 5.74) is 1.84. The molecule has 0 saturated carbocycles. The van der Waals surface area contributed by atoms with Gasteiger partial charge in [-0.3, -0.25) is 4.79 Å². The highest BCUT2D eigenvalue weighted by molar-refractivity contribution is 9.10. The van der Waals surface area contributed by atoms with Crippen LogP contribution in [0, 0.1) is 0 Å². The van der Waals surface area contributed by atoms with Crippen molar-refractivity contribution in [2.75, 3.05) is 38.2 Å². The summed E-state index contributed by atoms with van der Waals surface area (Å²) in [6.07, 6.45) is 0.676. The second-order valence-corrected chi connectivity index (χ2v) is 8.45. The summed E-state index contributed by atoms with van der Waals surface area (Å²) < 4.78 is 10.8. The molecule has 1 fully saturated rings. The van der Waals surface area contributed by atoms with Crippen LogP contribution in [0.5, 0.6) is 5.75 Å². The number of carbonyl (C=O) groups is 1. The summed E-state index contributed by atoms with van der Waals surface area (Å²) in [6.45, 7) is 2.88. The number of halogens is 1. The topological polar surface area (TPSA) is 58.6 Å². The third-order valence-electron chi connectivity index (χ3n) is 4.88. The molecule has 0 spiro atoms. The van der Waals surface area contributed by atoms with Crippen molar-refractivity contribution in [3.63, 3.8) is 0 Å². The molecular formula is C21H21BrN4O2S. The smallest absolute Gasteiger partial charge is 0.253 e. The van der Waals surface area contributed by atoms with Gasteiger partial charge >= 0.3 is 0 Å². The molecule has 4 rings (SSSR count). The van der Waals surface area contributed by atoms with Crippen LogP contribution in [0.1, 0.15) is 21.7 Å². The lowest BCUT2D eigenvalue weighted by Crippen LogP contribution is -2.48. The fraction of sp³-hybridized carbons (Fsp3) is 0.286. The summed E-state index contributed by atoms with van der Waals surface area (Å²) in [7, 11) is 1.67. The fourth-order valence-electron chi connectivity index (χ4n) is 3.29. The Kier molecular flexibility index (Phi) is 6.10. The Hall–Kier alpha value is -2.45. The number of hydrogen-bond acceptors (Lipinski definition) is 6. The molecule has 0 aliphatic carbocycles. The van der Waals surface area contributed by atoms with Crippen molar-refractivity contribution in [3.05, 3.63) is 70.0 Å². The molecule has 1 aliphatic rings. The maximum atomic E-state index is 12.7. The second kappa shape index (κ2) is 8.92. The zero-order valence-electron chi connectivity index (χ0n) is 16.0. The molecule has 8 heteroatoms. The lowest BCUT2D eigenvalue weighted by molar-refractivity contribution is 0.0746. The first-order chi connectivity index (χ1) is 14.1. The average molecular weight is 473 g/mol. The van der Waals surface area contributed by atoms with Gasteiger partial charge < -0.3 is 14.5 Å². The van der Waals surface area contributed by atoms with Crippen LogP contribution in [0.3, 0.4) is 0 Å². The fourth-order valence-corrected chi connectivity index (χ4v) is 4.29. The molecule has 29 heavy (non-hydrogen) atoms. The second-order valence-electron chi connectivity index (χ2n) is 6.81. The molecule has 0 bridgehead atoms. The number of amides is 1. The number of carbonyl (C=O) groups excluding carboxylic acids is 1. The Morgan fingerprint density at radius 3 is 2.62 bits per heavy atom. The monoisotopic (exact) mass is 472 g/mol. The minimum absolute atomic E-state index is 0.0770. The van der Waals surface area contributed by atoms with E-state index in [1.807, 2.05) is 47.4 Å². The number of nitrogens with zero attached hydrogens (tertiary/aromatic N) is 4. The Morgan fingerprint density at radius 2 is 1.90 bits per heavy atom. The lowest BCUT2D eigenvalue weighted by Gasteiger charge is -2.34. The highest BCUT2D eigenvalue weighted by Gasteiger charge is 2.24. The van der Waals surface area contributed by atoms with Crippen molar-refractivity contribution >= 4 is 38.5 Å². The van der Waals surface area contributed by atoms with Gasteiger partial charge in [-0.1, -0.05) is 28.1 Å². The number of hydrogen-bond donors (Lipinski definition) is 0. The molecule has 2 heterocycles. The van der Waals surface area contributed by atoms with Crippen molar-refractivity contribution in [1.29, 1.82) is 0 Å². The molecule has 1 aromatic heterocycles. The van der Waals surface area contributed by atoms with Crippen LogP contribution >= 0.6 is 27.5 Å². The van der Waals surface area contributed by atoms with Crippen LogP contribution in [0.15, 0.2) is 53.0 Å². The SMILES string of the molecule is COc1cccc(Cc2nsc(N3CCN(C(=O)c4ccc(Br)cc4)CC3)n2)c1. The Balaban J connectivity index is 1.35. The molecule has 2 aromatic carbocycles. The summed E-state index contributed by atoms with van der Waals surface area (Å²) in [5, 5.41) is 0.915. The van der Waals surface area contributed by atoms with Crippen LogP contribution in [0.2, 0.25) is 0 Å². The van der Waals surface area contributed by atoms with Crippen molar-refractivity contribution in [1.82, 2.24) is 14.3 Å². The highest BCUT2D eigenvalue weighted by Crippen LogP contribution is 2.22. The molecule has 1 aliphatic heterocycles. The van der Waals surface area contributed by atoms with Gasteiger partial charge in [-0.05, 0) is 42.0 Å². The molecule has 1 saturated heterocycles. The van der Waals surface area contributed by atoms with E-state index in [0.717, 1.165) is 45.4 Å². The van der Waals surface area contributed by atoms with Gasteiger partial charge in [0.05, 0.1) is 7.11 Å². The predicted molar refractivity (Wildman–Crippen MR) is 118 cm³/mol. The van der Waals surface area contributed by atoms with E-state index in [0.29, 0.717) is 19.5 Å². The van der Waals surface area contributed by atoms with Crippen LogP contribution in [-0.2, 0) is 6.42 Å². The Labute approximate surface area is 182 Å². The van der Waals surface area contributed by atoms with Crippen LogP contribution in [-0.4, -0.2) is 53.5 Å². The highest BCUT2D eigenvalue weighted by atomic mass is 79.9. The van der Waals surface area contributed by atoms with E-state index in [2.05, 4.69) is 31.3 Å². The molecule has 0 radical (unpaired) electrons. The zero-order chi connectivity index (χ0) is 20.2. The van der Waals surface area contributed by atoms with Gasteiger partial charge in [0.2, 0.25) is 5.13 Å². The summed E-state index contributed by atoms with van der Waals surface area (Å²) >= 11 is 4.82. The molecule has 1 amide bonds. The average Bonchev–Trinajstić information content (AvgIpc) is 3.22. The van der Waals surface area contributed by atoms with Crippen molar-refractivity contribution in [2.45, 2.75) is 6.42 Å². The first kappa shape index (κ1) is 19.8. The third-order valence-corrected chi connectivity index (χ3v) is 6.23. The van der Waals surface area contributed by atoms with E-state index in [1.165, 1.54) is 11.5 Å². The van der Waals surface area contributed by atoms with E-state index in [1.54, 1.807) is 7.11 Å². The number of anilines is 1. The molecule has 3 aromatic rings. The molecule has 6 nitrogen and oxygen atoms in total. The quantitative estimate of drug-likeness (QED) is 0.564. The van der Waals surface area contributed by atoms with Gasteiger partial charge in [-0.2, -0.15) is 4.37 Å². The number of benzene rings is 2. The molecule has 150 valence electrons. The van der Waals surface area contributed by atoms with Gasteiger partial charge in [-0.25, -0.2) is 4.98 Å². The van der Waals surface area contributed by atoms with Gasteiger partial charge in [0.25, 0.3) is 5.91 Å². The maximum Gasteiger partial charge on any atom is 0.253 e. The Bertz CT molecular complexity index is 984. The first-order valence-electron chi connectivity index (χ1n) is 9.37. The zero-order valence-corrected chi connectivity index (χ0v) is 18.4. The van der Waals surface area contributed by atoms with Gasteiger partial charge in [0.15, 0.2) is 0 Å². The van der Waals surface area contributed by atoms with Crippen LogP contribution in [0.4, 0.5) is 5.13 Å². The normalized spacial score (nSPS) is 14.1. The minimum atomic E-state index is 0.0770. The molecule has 0 N–H and O–H groups in total. The lowest BCUT2D eigenvalue weighted by atomic mass is 10.1. The number of piperazine rings is 1. The summed E-state index contributed by atoms with van der Waals surface area (Å²) in [6, 6.07) is 15.5. The third kappa shape index (κ3) is 4.76. The van der Waals surface area contributed by atoms with Gasteiger partial charge in [0, 0.05) is 54.2 Å². The maximum absolute atomic E-state index is 12.7. The number of methoxy groups -OCH3 is 1. The molecule has 0 atom stereocenters. The molecule has 0 unspecified atom stereocenters. The summed E-state index contributed by atoms with van der Waals surface area (Å²) in [5.74, 6) is 1.73. The Morgan fingerprint density at radius 1 is 1.14 bits per heavy atom. The number of rotatable bonds is 5. The van der Waals surface area contributed by atoms with E-state index in [-0.39, 0.29) is 5.91 Å². The van der Waals surface area contributed by atoms with Crippen molar-refractivity contribution in [2.24, 2.45) is 0 Å². The number of aromatic nitrogens is 2. The minimum Gasteiger partial charge on any atom is -0.497 e.